The van der Waals surface area contributed by atoms with E-state index in [0.717, 1.165) is 0 Å². The first-order valence-electron chi connectivity index (χ1n) is 8.92. The first-order chi connectivity index (χ1) is 13.4. The molecule has 1 aromatic heterocycles. The second-order valence-corrected chi connectivity index (χ2v) is 8.28. The van der Waals surface area contributed by atoms with Crippen LogP contribution < -0.4 is 10.1 Å². The predicted molar refractivity (Wildman–Crippen MR) is 104 cm³/mol. The number of carbonyl (C=O) groups is 1. The van der Waals surface area contributed by atoms with Gasteiger partial charge in [0.15, 0.2) is 6.61 Å². The molecule has 2 aromatic rings. The van der Waals surface area contributed by atoms with Crippen molar-refractivity contribution in [3.05, 3.63) is 48.3 Å². The normalized spacial score (nSPS) is 14.9. The van der Waals surface area contributed by atoms with Gasteiger partial charge in [-0.3, -0.25) is 9.78 Å². The molecule has 1 aromatic carbocycles. The number of benzene rings is 1. The number of carbonyl (C=O) groups excluding carboxylic acids is 1. The molecular formula is C19H23N3O5S. The van der Waals surface area contributed by atoms with Crippen LogP contribution in [-0.2, 0) is 19.6 Å². The number of pyridine rings is 1. The van der Waals surface area contributed by atoms with Gasteiger partial charge < -0.3 is 14.8 Å². The number of ether oxygens (including phenoxy) is 2. The van der Waals surface area contributed by atoms with Crippen LogP contribution in [0.5, 0.6) is 5.75 Å². The van der Waals surface area contributed by atoms with E-state index in [2.05, 4.69) is 10.3 Å². The lowest BCUT2D eigenvalue weighted by molar-refractivity contribution is -0.118. The van der Waals surface area contributed by atoms with Gasteiger partial charge in [0.05, 0.1) is 22.3 Å². The van der Waals surface area contributed by atoms with Crippen molar-refractivity contribution in [2.24, 2.45) is 0 Å². The van der Waals surface area contributed by atoms with Crippen LogP contribution in [0.15, 0.2) is 47.5 Å². The van der Waals surface area contributed by atoms with Crippen LogP contribution in [0.1, 0.15) is 25.1 Å². The summed E-state index contributed by atoms with van der Waals surface area (Å²) in [5, 5.41) is 2.65. The number of methoxy groups -OCH3 is 1. The zero-order valence-electron chi connectivity index (χ0n) is 15.8. The lowest BCUT2D eigenvalue weighted by Gasteiger charge is -2.28. The van der Waals surface area contributed by atoms with Crippen LogP contribution >= 0.6 is 0 Å². The number of hydrogen-bond acceptors (Lipinski definition) is 6. The highest BCUT2D eigenvalue weighted by atomic mass is 32.2. The zero-order valence-corrected chi connectivity index (χ0v) is 16.6. The van der Waals surface area contributed by atoms with Crippen LogP contribution in [0.2, 0.25) is 0 Å². The molecule has 1 amide bonds. The van der Waals surface area contributed by atoms with Gasteiger partial charge in [0, 0.05) is 26.5 Å². The number of sulfonamides is 1. The molecule has 28 heavy (non-hydrogen) atoms. The Balaban J connectivity index is 1.95. The molecule has 150 valence electrons. The fraction of sp³-hybridized carbons (Fsp3) is 0.368. The van der Waals surface area contributed by atoms with Crippen molar-refractivity contribution in [1.82, 2.24) is 9.29 Å². The minimum Gasteiger partial charge on any atom is -0.482 e. The number of hydrogen-bond donors (Lipinski definition) is 1. The average molecular weight is 405 g/mol. The first kappa shape index (κ1) is 20.2. The summed E-state index contributed by atoms with van der Waals surface area (Å²) in [6, 6.07) is 9.41. The molecule has 0 spiro atoms. The van der Waals surface area contributed by atoms with Crippen LogP contribution in [0, 0.1) is 0 Å². The Bertz CT molecular complexity index is 934. The summed E-state index contributed by atoms with van der Waals surface area (Å²) in [5.41, 5.74) is 0.998. The summed E-state index contributed by atoms with van der Waals surface area (Å²) < 4.78 is 38.6. The number of amides is 1. The molecule has 0 radical (unpaired) electrons. The smallest absolute Gasteiger partial charge is 0.262 e. The minimum atomic E-state index is -3.85. The lowest BCUT2D eigenvalue weighted by atomic mass is 10.2. The van der Waals surface area contributed by atoms with Crippen LogP contribution in [0.4, 0.5) is 5.69 Å². The summed E-state index contributed by atoms with van der Waals surface area (Å²) in [7, 11) is -2.27. The van der Waals surface area contributed by atoms with E-state index in [1.165, 1.54) is 16.4 Å². The Morgan fingerprint density at radius 2 is 2.14 bits per heavy atom. The Hall–Kier alpha value is -2.49. The molecule has 1 atom stereocenters. The van der Waals surface area contributed by atoms with Crippen molar-refractivity contribution >= 4 is 21.6 Å². The third-order valence-electron chi connectivity index (χ3n) is 4.47. The van der Waals surface area contributed by atoms with Crippen LogP contribution in [-0.4, -0.2) is 50.5 Å². The summed E-state index contributed by atoms with van der Waals surface area (Å²) in [6.07, 6.45) is 2.18. The second-order valence-electron chi connectivity index (χ2n) is 6.39. The van der Waals surface area contributed by atoms with Gasteiger partial charge in [-0.05, 0) is 43.7 Å². The topological polar surface area (TPSA) is 97.8 Å². The SMILES string of the molecule is COCCCN([C@H](C)c1ccccn1)S(=O)(=O)c1ccc2c(c1)NC(=O)CO2. The number of nitrogens with zero attached hydrogens (tertiary/aromatic N) is 2. The number of rotatable bonds is 8. The Morgan fingerprint density at radius 1 is 1.32 bits per heavy atom. The molecule has 1 aliphatic rings. The summed E-state index contributed by atoms with van der Waals surface area (Å²) in [4.78, 5) is 16.0. The summed E-state index contributed by atoms with van der Waals surface area (Å²) in [5.74, 6) is 0.128. The van der Waals surface area contributed by atoms with E-state index in [1.54, 1.807) is 38.4 Å². The highest BCUT2D eigenvalue weighted by Gasteiger charge is 2.31. The quantitative estimate of drug-likeness (QED) is 0.676. The molecular weight excluding hydrogens is 382 g/mol. The summed E-state index contributed by atoms with van der Waals surface area (Å²) in [6.45, 7) is 2.43. The van der Waals surface area contributed by atoms with E-state index in [1.807, 2.05) is 6.07 Å². The number of aromatic nitrogens is 1. The highest BCUT2D eigenvalue weighted by Crippen LogP contribution is 2.33. The maximum Gasteiger partial charge on any atom is 0.262 e. The highest BCUT2D eigenvalue weighted by molar-refractivity contribution is 7.89. The van der Waals surface area contributed by atoms with Gasteiger partial charge in [-0.2, -0.15) is 4.31 Å². The Morgan fingerprint density at radius 3 is 2.86 bits per heavy atom. The van der Waals surface area contributed by atoms with Crippen molar-refractivity contribution < 1.29 is 22.7 Å². The fourth-order valence-corrected chi connectivity index (χ4v) is 4.69. The third kappa shape index (κ3) is 4.32. The molecule has 0 saturated carbocycles. The predicted octanol–water partition coefficient (Wildman–Crippen LogP) is 2.20. The first-order valence-corrected chi connectivity index (χ1v) is 10.4. The van der Waals surface area contributed by atoms with Crippen molar-refractivity contribution in [2.45, 2.75) is 24.3 Å². The van der Waals surface area contributed by atoms with E-state index in [-0.39, 0.29) is 24.0 Å². The average Bonchev–Trinajstić information content (AvgIpc) is 2.70. The minimum absolute atomic E-state index is 0.0808. The Kier molecular flexibility index (Phi) is 6.28. The maximum atomic E-state index is 13.4. The molecule has 0 fully saturated rings. The molecule has 8 nitrogen and oxygen atoms in total. The molecule has 2 heterocycles. The van der Waals surface area contributed by atoms with Crippen LogP contribution in [0.3, 0.4) is 0 Å². The monoisotopic (exact) mass is 405 g/mol. The Labute approximate surface area is 164 Å². The van der Waals surface area contributed by atoms with Gasteiger partial charge in [0.1, 0.15) is 5.75 Å². The van der Waals surface area contributed by atoms with Gasteiger partial charge in [-0.25, -0.2) is 8.42 Å². The van der Waals surface area contributed by atoms with E-state index in [4.69, 9.17) is 9.47 Å². The standard InChI is InChI=1S/C19H23N3O5S/c1-14(16-6-3-4-9-20-16)22(10-5-11-26-2)28(24,25)15-7-8-18-17(12-15)21-19(23)13-27-18/h3-4,6-9,12,14H,5,10-11,13H2,1-2H3,(H,21,23)/t14-/m1/s1. The van der Waals surface area contributed by atoms with Crippen molar-refractivity contribution in [3.63, 3.8) is 0 Å². The molecule has 0 bridgehead atoms. The van der Waals surface area contributed by atoms with Crippen molar-refractivity contribution in [2.75, 3.05) is 32.2 Å². The summed E-state index contributed by atoms with van der Waals surface area (Å²) >= 11 is 0. The molecule has 0 aliphatic carbocycles. The van der Waals surface area contributed by atoms with Gasteiger partial charge in [-0.1, -0.05) is 6.07 Å². The van der Waals surface area contributed by atoms with E-state index in [9.17, 15) is 13.2 Å². The molecule has 1 aliphatic heterocycles. The van der Waals surface area contributed by atoms with Crippen molar-refractivity contribution in [1.29, 1.82) is 0 Å². The van der Waals surface area contributed by atoms with E-state index in [0.29, 0.717) is 30.2 Å². The van der Waals surface area contributed by atoms with Gasteiger partial charge in [0.25, 0.3) is 5.91 Å². The molecule has 9 heteroatoms. The van der Waals surface area contributed by atoms with E-state index < -0.39 is 16.1 Å². The van der Waals surface area contributed by atoms with Gasteiger partial charge in [0.2, 0.25) is 10.0 Å². The largest absolute Gasteiger partial charge is 0.482 e. The number of nitrogens with one attached hydrogen (secondary N) is 1. The number of fused-ring (bicyclic) bond motifs is 1. The maximum absolute atomic E-state index is 13.4. The van der Waals surface area contributed by atoms with Crippen LogP contribution in [0.25, 0.3) is 0 Å². The third-order valence-corrected chi connectivity index (χ3v) is 6.43. The fourth-order valence-electron chi connectivity index (χ4n) is 3.02. The molecule has 3 rings (SSSR count). The molecule has 0 saturated heterocycles. The van der Waals surface area contributed by atoms with Gasteiger partial charge in [-0.15, -0.1) is 0 Å². The molecule has 0 unspecified atom stereocenters. The number of anilines is 1. The molecule has 1 N–H and O–H groups in total. The van der Waals surface area contributed by atoms with Gasteiger partial charge >= 0.3 is 0 Å². The zero-order chi connectivity index (χ0) is 20.1. The van der Waals surface area contributed by atoms with E-state index >= 15 is 0 Å². The van der Waals surface area contributed by atoms with Crippen molar-refractivity contribution in [3.8, 4) is 5.75 Å². The second kappa shape index (κ2) is 8.68. The lowest BCUT2D eigenvalue weighted by Crippen LogP contribution is -2.35.